The predicted octanol–water partition coefficient (Wildman–Crippen LogP) is 4.47. The van der Waals surface area contributed by atoms with Crippen molar-refractivity contribution in [3.05, 3.63) is 88.8 Å². The molecule has 0 unspecified atom stereocenters. The van der Waals surface area contributed by atoms with E-state index in [2.05, 4.69) is 10.0 Å². The third kappa shape index (κ3) is 5.73. The number of rotatable bonds is 9. The summed E-state index contributed by atoms with van der Waals surface area (Å²) in [6.07, 6.45) is 0.519. The van der Waals surface area contributed by atoms with Crippen LogP contribution in [0.3, 0.4) is 0 Å². The smallest absolute Gasteiger partial charge is 0.348 e. The molecule has 0 saturated carbocycles. The fraction of sp³-hybridized carbons (Fsp3) is 0.154. The highest BCUT2D eigenvalue weighted by atomic mass is 32.2. The quantitative estimate of drug-likeness (QED) is 0.313. The van der Waals surface area contributed by atoms with Crippen LogP contribution in [0.5, 0.6) is 5.75 Å². The molecule has 1 heterocycles. The molecule has 0 fully saturated rings. The number of nitrogens with one attached hydrogen (secondary N) is 2. The first-order chi connectivity index (χ1) is 17.3. The second-order valence-corrected chi connectivity index (χ2v) is 10.6. The first kappa shape index (κ1) is 25.4. The van der Waals surface area contributed by atoms with Gasteiger partial charge in [-0.1, -0.05) is 30.3 Å². The molecule has 4 aromatic rings. The zero-order valence-corrected chi connectivity index (χ0v) is 21.2. The van der Waals surface area contributed by atoms with Gasteiger partial charge in [0.15, 0.2) is 0 Å². The molecular formula is C26H24N2O6S2. The zero-order chi connectivity index (χ0) is 25.7. The van der Waals surface area contributed by atoms with Gasteiger partial charge in [0.05, 0.1) is 14.2 Å². The fourth-order valence-electron chi connectivity index (χ4n) is 3.61. The lowest BCUT2D eigenvalue weighted by molar-refractivity contribution is 0.0606. The third-order valence-electron chi connectivity index (χ3n) is 5.42. The minimum Gasteiger partial charge on any atom is -0.495 e. The van der Waals surface area contributed by atoms with E-state index in [1.807, 2.05) is 30.3 Å². The minimum absolute atomic E-state index is 0.123. The van der Waals surface area contributed by atoms with Crippen LogP contribution in [0.4, 0.5) is 5.69 Å². The van der Waals surface area contributed by atoms with E-state index in [9.17, 15) is 18.0 Å². The summed E-state index contributed by atoms with van der Waals surface area (Å²) in [5.74, 6) is -0.777. The van der Waals surface area contributed by atoms with Crippen LogP contribution in [0.1, 0.15) is 25.6 Å². The Morgan fingerprint density at radius 2 is 1.72 bits per heavy atom. The maximum Gasteiger partial charge on any atom is 0.348 e. The summed E-state index contributed by atoms with van der Waals surface area (Å²) < 4.78 is 39.5. The molecule has 36 heavy (non-hydrogen) atoms. The van der Waals surface area contributed by atoms with Crippen LogP contribution >= 0.6 is 11.3 Å². The van der Waals surface area contributed by atoms with Gasteiger partial charge in [-0.2, -0.15) is 0 Å². The summed E-state index contributed by atoms with van der Waals surface area (Å²) in [6, 6.07) is 20.7. The van der Waals surface area contributed by atoms with Crippen LogP contribution in [0, 0.1) is 0 Å². The molecule has 0 atom stereocenters. The molecule has 4 rings (SSSR count). The van der Waals surface area contributed by atoms with E-state index in [0.717, 1.165) is 15.6 Å². The summed E-state index contributed by atoms with van der Waals surface area (Å²) >= 11 is 1.29. The maximum atomic E-state index is 13.0. The van der Waals surface area contributed by atoms with Gasteiger partial charge in [-0.15, -0.1) is 11.3 Å². The molecule has 0 bridgehead atoms. The van der Waals surface area contributed by atoms with Gasteiger partial charge >= 0.3 is 5.97 Å². The number of carbonyl (C=O) groups excluding carboxylic acids is 2. The largest absolute Gasteiger partial charge is 0.495 e. The van der Waals surface area contributed by atoms with Crippen molar-refractivity contribution in [1.82, 2.24) is 4.72 Å². The van der Waals surface area contributed by atoms with Gasteiger partial charge in [0.2, 0.25) is 10.0 Å². The molecule has 1 amide bonds. The van der Waals surface area contributed by atoms with E-state index in [1.165, 1.54) is 43.8 Å². The molecular weight excluding hydrogens is 500 g/mol. The molecule has 8 nitrogen and oxygen atoms in total. The number of thiophene rings is 1. The Morgan fingerprint density at radius 1 is 0.944 bits per heavy atom. The highest BCUT2D eigenvalue weighted by Gasteiger charge is 2.22. The highest BCUT2D eigenvalue weighted by molar-refractivity contribution is 7.89. The van der Waals surface area contributed by atoms with Crippen molar-refractivity contribution >= 4 is 49.0 Å². The summed E-state index contributed by atoms with van der Waals surface area (Å²) in [7, 11) is -1.24. The molecule has 0 aliphatic heterocycles. The number of carbonyl (C=O) groups is 2. The Bertz CT molecular complexity index is 1510. The molecule has 0 aliphatic carbocycles. The maximum absolute atomic E-state index is 13.0. The van der Waals surface area contributed by atoms with E-state index < -0.39 is 21.9 Å². The second kappa shape index (κ2) is 10.9. The number of hydrogen-bond donors (Lipinski definition) is 2. The van der Waals surface area contributed by atoms with Gasteiger partial charge in [-0.05, 0) is 59.8 Å². The molecule has 0 radical (unpaired) electrons. The first-order valence-electron chi connectivity index (χ1n) is 11.0. The van der Waals surface area contributed by atoms with Crippen molar-refractivity contribution in [1.29, 1.82) is 0 Å². The van der Waals surface area contributed by atoms with Crippen LogP contribution in [-0.4, -0.2) is 41.1 Å². The molecule has 1 aromatic heterocycles. The average molecular weight is 525 g/mol. The summed E-state index contributed by atoms with van der Waals surface area (Å²) in [6.45, 7) is 0.195. The Morgan fingerprint density at radius 3 is 2.44 bits per heavy atom. The van der Waals surface area contributed by atoms with Gasteiger partial charge in [0.25, 0.3) is 5.91 Å². The normalized spacial score (nSPS) is 11.3. The number of sulfonamides is 1. The number of methoxy groups -OCH3 is 2. The van der Waals surface area contributed by atoms with Gasteiger partial charge in [0.1, 0.15) is 15.5 Å². The fourth-order valence-corrected chi connectivity index (χ4v) is 5.79. The van der Waals surface area contributed by atoms with Crippen LogP contribution in [-0.2, 0) is 21.2 Å². The van der Waals surface area contributed by atoms with Crippen LogP contribution in [0.25, 0.3) is 10.1 Å². The molecule has 0 saturated heterocycles. The molecule has 0 spiro atoms. The highest BCUT2D eigenvalue weighted by Crippen LogP contribution is 2.29. The lowest BCUT2D eigenvalue weighted by atomic mass is 10.2. The molecule has 0 aliphatic rings. The monoisotopic (exact) mass is 524 g/mol. The van der Waals surface area contributed by atoms with Crippen molar-refractivity contribution in [2.75, 3.05) is 26.1 Å². The summed E-state index contributed by atoms with van der Waals surface area (Å²) in [5.41, 5.74) is 1.66. The zero-order valence-electron chi connectivity index (χ0n) is 19.6. The van der Waals surface area contributed by atoms with Crippen LogP contribution < -0.4 is 14.8 Å². The first-order valence-corrected chi connectivity index (χ1v) is 13.3. The predicted molar refractivity (Wildman–Crippen MR) is 139 cm³/mol. The SMILES string of the molecule is COC(=O)c1cc2cc(NC(=O)c3ccc(OC)c(S(=O)(=O)NCCc4ccccc4)c3)ccc2s1. The standard InChI is InChI=1S/C26H24N2O6S2/c1-33-21-10-8-18(16-24(21)36(31,32)27-13-12-17-6-4-3-5-7-17)25(29)28-20-9-11-22-19(14-20)15-23(35-22)26(30)34-2/h3-11,14-16,27H,12-13H2,1-2H3,(H,28,29). The number of fused-ring (bicyclic) bond motifs is 1. The molecule has 2 N–H and O–H groups in total. The Kier molecular flexibility index (Phi) is 7.68. The number of amides is 1. The minimum atomic E-state index is -3.94. The molecule has 10 heteroatoms. The number of benzene rings is 3. The lowest BCUT2D eigenvalue weighted by Gasteiger charge is -2.13. The lowest BCUT2D eigenvalue weighted by Crippen LogP contribution is -2.27. The van der Waals surface area contributed by atoms with E-state index in [1.54, 1.807) is 24.3 Å². The van der Waals surface area contributed by atoms with Gasteiger partial charge < -0.3 is 14.8 Å². The van der Waals surface area contributed by atoms with Crippen molar-refractivity contribution in [3.63, 3.8) is 0 Å². The summed E-state index contributed by atoms with van der Waals surface area (Å²) in [5, 5.41) is 3.55. The third-order valence-corrected chi connectivity index (χ3v) is 8.00. The van der Waals surface area contributed by atoms with Crippen molar-refractivity contribution in [3.8, 4) is 5.75 Å². The van der Waals surface area contributed by atoms with Crippen LogP contribution in [0.2, 0.25) is 0 Å². The topological polar surface area (TPSA) is 111 Å². The van der Waals surface area contributed by atoms with E-state index in [0.29, 0.717) is 17.0 Å². The van der Waals surface area contributed by atoms with E-state index >= 15 is 0 Å². The van der Waals surface area contributed by atoms with Crippen molar-refractivity contribution in [2.24, 2.45) is 0 Å². The number of anilines is 1. The number of esters is 1. The Labute approximate surface area is 212 Å². The molecule has 186 valence electrons. The van der Waals surface area contributed by atoms with Crippen LogP contribution in [0.15, 0.2) is 77.7 Å². The van der Waals surface area contributed by atoms with Gasteiger partial charge in [-0.3, -0.25) is 4.79 Å². The number of ether oxygens (including phenoxy) is 2. The number of hydrogen-bond acceptors (Lipinski definition) is 7. The van der Waals surface area contributed by atoms with Gasteiger partial charge in [0, 0.05) is 22.5 Å². The second-order valence-electron chi connectivity index (χ2n) is 7.81. The van der Waals surface area contributed by atoms with E-state index in [-0.39, 0.29) is 22.8 Å². The summed E-state index contributed by atoms with van der Waals surface area (Å²) in [4.78, 5) is 25.1. The average Bonchev–Trinajstić information content (AvgIpc) is 3.32. The van der Waals surface area contributed by atoms with E-state index in [4.69, 9.17) is 9.47 Å². The Hall–Kier alpha value is -3.73. The van der Waals surface area contributed by atoms with Crippen molar-refractivity contribution in [2.45, 2.75) is 11.3 Å². The Balaban J connectivity index is 1.52. The molecule has 3 aromatic carbocycles. The van der Waals surface area contributed by atoms with Gasteiger partial charge in [-0.25, -0.2) is 17.9 Å². The van der Waals surface area contributed by atoms with Crippen molar-refractivity contribution < 1.29 is 27.5 Å².